The zero-order valence-corrected chi connectivity index (χ0v) is 14.5. The van der Waals surface area contributed by atoms with Crippen LogP contribution in [0.4, 0.5) is 5.82 Å². The third-order valence-corrected chi connectivity index (χ3v) is 4.25. The van der Waals surface area contributed by atoms with Gasteiger partial charge in [-0.2, -0.15) is 0 Å². The van der Waals surface area contributed by atoms with Crippen LogP contribution in [0.25, 0.3) is 22.2 Å². The van der Waals surface area contributed by atoms with Gasteiger partial charge < -0.3 is 19.4 Å². The fourth-order valence-corrected chi connectivity index (χ4v) is 3.10. The first-order valence-corrected chi connectivity index (χ1v) is 8.64. The molecule has 0 bridgehead atoms. The van der Waals surface area contributed by atoms with Gasteiger partial charge in [0.1, 0.15) is 17.1 Å². The topological polar surface area (TPSA) is 63.3 Å². The minimum Gasteiger partial charge on any atom is -0.490 e. The molecule has 0 amide bonds. The van der Waals surface area contributed by atoms with E-state index in [1.807, 2.05) is 50.6 Å². The molecule has 0 spiro atoms. The quantitative estimate of drug-likeness (QED) is 0.791. The second kappa shape index (κ2) is 6.72. The Labute approximate surface area is 146 Å². The van der Waals surface area contributed by atoms with Crippen LogP contribution in [0.5, 0.6) is 5.75 Å². The first kappa shape index (κ1) is 15.9. The molecule has 4 rings (SSSR count). The van der Waals surface area contributed by atoms with Crippen LogP contribution in [-0.4, -0.2) is 47.4 Å². The van der Waals surface area contributed by atoms with Crippen molar-refractivity contribution < 1.29 is 9.47 Å². The molecule has 6 nitrogen and oxygen atoms in total. The van der Waals surface area contributed by atoms with Crippen molar-refractivity contribution in [3.8, 4) is 17.0 Å². The molecule has 3 aromatic rings. The highest BCUT2D eigenvalue weighted by atomic mass is 16.5. The van der Waals surface area contributed by atoms with Crippen molar-refractivity contribution in [1.29, 1.82) is 0 Å². The molecule has 4 heterocycles. The summed E-state index contributed by atoms with van der Waals surface area (Å²) in [6.07, 6.45) is 5.74. The summed E-state index contributed by atoms with van der Waals surface area (Å²) in [5.74, 6) is 1.76. The Morgan fingerprint density at radius 3 is 2.80 bits per heavy atom. The number of hydrogen-bond donors (Lipinski definition) is 1. The molecule has 130 valence electrons. The first-order valence-electron chi connectivity index (χ1n) is 8.64. The van der Waals surface area contributed by atoms with E-state index in [0.29, 0.717) is 0 Å². The normalized spacial score (nSPS) is 15.1. The van der Waals surface area contributed by atoms with Crippen LogP contribution in [0.1, 0.15) is 13.8 Å². The highest BCUT2D eigenvalue weighted by Crippen LogP contribution is 2.34. The van der Waals surface area contributed by atoms with Crippen molar-refractivity contribution in [3.05, 3.63) is 36.8 Å². The Hall–Kier alpha value is -2.60. The zero-order valence-electron chi connectivity index (χ0n) is 14.5. The molecule has 25 heavy (non-hydrogen) atoms. The molecule has 0 saturated carbocycles. The van der Waals surface area contributed by atoms with Gasteiger partial charge in [-0.1, -0.05) is 0 Å². The number of H-pyrrole nitrogens is 1. The molecule has 1 saturated heterocycles. The second-order valence-corrected chi connectivity index (χ2v) is 6.40. The summed E-state index contributed by atoms with van der Waals surface area (Å²) in [6, 6.07) is 6.02. The van der Waals surface area contributed by atoms with E-state index in [4.69, 9.17) is 14.5 Å². The van der Waals surface area contributed by atoms with Crippen LogP contribution >= 0.6 is 0 Å². The summed E-state index contributed by atoms with van der Waals surface area (Å²) in [5.41, 5.74) is 2.75. The molecule has 3 aromatic heterocycles. The molecule has 0 aromatic carbocycles. The number of pyridine rings is 2. The maximum Gasteiger partial charge on any atom is 0.133 e. The highest BCUT2D eigenvalue weighted by molar-refractivity contribution is 5.96. The maximum atomic E-state index is 6.10. The molecule has 1 N–H and O–H groups in total. The van der Waals surface area contributed by atoms with E-state index in [0.717, 1.165) is 60.0 Å². The van der Waals surface area contributed by atoms with Gasteiger partial charge in [-0.3, -0.25) is 4.98 Å². The number of nitrogens with zero attached hydrogens (tertiary/aromatic N) is 3. The van der Waals surface area contributed by atoms with Crippen molar-refractivity contribution in [1.82, 2.24) is 15.0 Å². The lowest BCUT2D eigenvalue weighted by Crippen LogP contribution is -2.36. The Morgan fingerprint density at radius 1 is 1.24 bits per heavy atom. The van der Waals surface area contributed by atoms with Gasteiger partial charge in [0.25, 0.3) is 0 Å². The standard InChI is InChI=1S/C19H22N4O2/c1-13(2)25-16-11-17(23-7-9-24-10-8-23)22-19-15(16)4-6-21-18(19)14-3-5-20-12-14/h3-6,11-13,20H,7-10H2,1-2H3. The van der Waals surface area contributed by atoms with E-state index in [1.165, 1.54) is 0 Å². The van der Waals surface area contributed by atoms with Gasteiger partial charge in [0, 0.05) is 48.7 Å². The van der Waals surface area contributed by atoms with Crippen molar-refractivity contribution in [2.75, 3.05) is 31.2 Å². The molecule has 0 radical (unpaired) electrons. The van der Waals surface area contributed by atoms with Crippen LogP contribution in [0.3, 0.4) is 0 Å². The number of fused-ring (bicyclic) bond motifs is 1. The Kier molecular flexibility index (Phi) is 4.28. The number of nitrogens with one attached hydrogen (secondary N) is 1. The predicted octanol–water partition coefficient (Wildman–Crippen LogP) is 3.25. The summed E-state index contributed by atoms with van der Waals surface area (Å²) in [5, 5.41) is 0.983. The van der Waals surface area contributed by atoms with Crippen LogP contribution in [-0.2, 0) is 4.74 Å². The van der Waals surface area contributed by atoms with Crippen LogP contribution in [0, 0.1) is 0 Å². The van der Waals surface area contributed by atoms with Crippen molar-refractivity contribution in [2.24, 2.45) is 0 Å². The number of anilines is 1. The molecule has 0 unspecified atom stereocenters. The third kappa shape index (κ3) is 3.17. The second-order valence-electron chi connectivity index (χ2n) is 6.40. The van der Waals surface area contributed by atoms with Gasteiger partial charge in [0.05, 0.1) is 25.0 Å². The lowest BCUT2D eigenvalue weighted by atomic mass is 10.1. The molecule has 0 atom stereocenters. The van der Waals surface area contributed by atoms with Gasteiger partial charge in [0.15, 0.2) is 0 Å². The largest absolute Gasteiger partial charge is 0.490 e. The van der Waals surface area contributed by atoms with Crippen molar-refractivity contribution in [2.45, 2.75) is 20.0 Å². The van der Waals surface area contributed by atoms with E-state index < -0.39 is 0 Å². The third-order valence-electron chi connectivity index (χ3n) is 4.25. The molecule has 1 aliphatic rings. The summed E-state index contributed by atoms with van der Waals surface area (Å²) in [7, 11) is 0. The monoisotopic (exact) mass is 338 g/mol. The molecule has 1 aliphatic heterocycles. The lowest BCUT2D eigenvalue weighted by Gasteiger charge is -2.28. The summed E-state index contributed by atoms with van der Waals surface area (Å²) in [4.78, 5) is 14.8. The molecule has 6 heteroatoms. The van der Waals surface area contributed by atoms with E-state index in [-0.39, 0.29) is 6.10 Å². The summed E-state index contributed by atoms with van der Waals surface area (Å²) >= 11 is 0. The van der Waals surface area contributed by atoms with Crippen LogP contribution in [0.15, 0.2) is 36.8 Å². The number of rotatable bonds is 4. The van der Waals surface area contributed by atoms with E-state index in [2.05, 4.69) is 14.9 Å². The number of aromatic nitrogens is 3. The zero-order chi connectivity index (χ0) is 17.2. The van der Waals surface area contributed by atoms with Gasteiger partial charge in [-0.25, -0.2) is 4.98 Å². The number of hydrogen-bond acceptors (Lipinski definition) is 5. The van der Waals surface area contributed by atoms with Gasteiger partial charge in [-0.15, -0.1) is 0 Å². The van der Waals surface area contributed by atoms with Gasteiger partial charge in [-0.05, 0) is 26.0 Å². The van der Waals surface area contributed by atoms with Gasteiger partial charge in [0.2, 0.25) is 0 Å². The van der Waals surface area contributed by atoms with E-state index in [9.17, 15) is 0 Å². The molecule has 1 fully saturated rings. The minimum atomic E-state index is 0.0898. The van der Waals surface area contributed by atoms with E-state index >= 15 is 0 Å². The number of aromatic amines is 1. The average molecular weight is 338 g/mol. The van der Waals surface area contributed by atoms with Crippen LogP contribution < -0.4 is 9.64 Å². The predicted molar refractivity (Wildman–Crippen MR) is 98.1 cm³/mol. The summed E-state index contributed by atoms with van der Waals surface area (Å²) < 4.78 is 11.6. The lowest BCUT2D eigenvalue weighted by molar-refractivity contribution is 0.122. The van der Waals surface area contributed by atoms with Crippen molar-refractivity contribution in [3.63, 3.8) is 0 Å². The fourth-order valence-electron chi connectivity index (χ4n) is 3.10. The summed E-state index contributed by atoms with van der Waals surface area (Å²) in [6.45, 7) is 7.18. The van der Waals surface area contributed by atoms with Gasteiger partial charge >= 0.3 is 0 Å². The Balaban J connectivity index is 1.90. The molecular weight excluding hydrogens is 316 g/mol. The SMILES string of the molecule is CC(C)Oc1cc(N2CCOCC2)nc2c(-c3cc[nH]c3)nccc12. The van der Waals surface area contributed by atoms with Crippen LogP contribution in [0.2, 0.25) is 0 Å². The maximum absolute atomic E-state index is 6.10. The molecule has 0 aliphatic carbocycles. The highest BCUT2D eigenvalue weighted by Gasteiger charge is 2.18. The van der Waals surface area contributed by atoms with E-state index in [1.54, 1.807) is 0 Å². The minimum absolute atomic E-state index is 0.0898. The first-order chi connectivity index (χ1) is 12.2. The Bertz CT molecular complexity index is 855. The van der Waals surface area contributed by atoms with Crippen molar-refractivity contribution >= 4 is 16.7 Å². The smallest absolute Gasteiger partial charge is 0.133 e. The number of ether oxygens (including phenoxy) is 2. The fraction of sp³-hybridized carbons (Fsp3) is 0.368. The average Bonchev–Trinajstić information content (AvgIpc) is 3.16. The molecular formula is C19H22N4O2. The number of morpholine rings is 1. The Morgan fingerprint density at radius 2 is 2.08 bits per heavy atom.